The SMILES string of the molecule is c1ccc2c(-n3c4ccccc4c4ccccc43)cccc2c1.c1ccc2c(c1)ccc1c3ccccc3[nH]c21. The molecule has 2 nitrogen and oxygen atoms in total. The minimum atomic E-state index is 1.21. The molecule has 0 spiro atoms. The van der Waals surface area contributed by atoms with Crippen LogP contribution in [0.3, 0.4) is 0 Å². The summed E-state index contributed by atoms with van der Waals surface area (Å²) in [6, 6.07) is 53.7. The van der Waals surface area contributed by atoms with Crippen LogP contribution in [0.4, 0.5) is 0 Å². The van der Waals surface area contributed by atoms with Gasteiger partial charge in [0.2, 0.25) is 0 Å². The number of nitrogens with one attached hydrogen (secondary N) is 1. The first-order chi connectivity index (χ1) is 19.9. The number of hydrogen-bond acceptors (Lipinski definition) is 0. The minimum absolute atomic E-state index is 1.21. The highest BCUT2D eigenvalue weighted by Gasteiger charge is 2.13. The van der Waals surface area contributed by atoms with Crippen molar-refractivity contribution in [3.8, 4) is 5.69 Å². The number of fused-ring (bicyclic) bond motifs is 9. The number of aromatic amines is 1. The molecule has 9 rings (SSSR count). The van der Waals surface area contributed by atoms with Gasteiger partial charge in [-0.15, -0.1) is 0 Å². The molecule has 0 fully saturated rings. The number of aromatic nitrogens is 2. The van der Waals surface area contributed by atoms with Crippen molar-refractivity contribution in [3.05, 3.63) is 152 Å². The summed E-state index contributed by atoms with van der Waals surface area (Å²) in [7, 11) is 0. The smallest absolute Gasteiger partial charge is 0.0544 e. The molecule has 188 valence electrons. The molecule has 9 aromatic rings. The molecular formula is C38H26N2. The first-order valence-corrected chi connectivity index (χ1v) is 13.7. The van der Waals surface area contributed by atoms with Crippen LogP contribution in [-0.4, -0.2) is 9.55 Å². The van der Waals surface area contributed by atoms with Crippen LogP contribution >= 0.6 is 0 Å². The van der Waals surface area contributed by atoms with Crippen LogP contribution in [-0.2, 0) is 0 Å². The summed E-state index contributed by atoms with van der Waals surface area (Å²) in [6.45, 7) is 0. The third-order valence-electron chi connectivity index (χ3n) is 7.99. The average Bonchev–Trinajstić information content (AvgIpc) is 3.57. The molecule has 0 atom stereocenters. The molecule has 0 amide bonds. The Hall–Kier alpha value is -5.34. The molecule has 0 saturated heterocycles. The Morgan fingerprint density at radius 1 is 0.350 bits per heavy atom. The number of rotatable bonds is 1. The zero-order valence-corrected chi connectivity index (χ0v) is 21.9. The van der Waals surface area contributed by atoms with Crippen LogP contribution in [0.25, 0.3) is 70.8 Å². The van der Waals surface area contributed by atoms with Crippen LogP contribution in [0, 0.1) is 0 Å². The average molecular weight is 511 g/mol. The van der Waals surface area contributed by atoms with Crippen LogP contribution in [0.15, 0.2) is 152 Å². The Bertz CT molecular complexity index is 2280. The van der Waals surface area contributed by atoms with Gasteiger partial charge in [-0.25, -0.2) is 0 Å². The maximum Gasteiger partial charge on any atom is 0.0544 e. The number of para-hydroxylation sites is 3. The van der Waals surface area contributed by atoms with E-state index in [0.29, 0.717) is 0 Å². The van der Waals surface area contributed by atoms with Crippen LogP contribution in [0.2, 0.25) is 0 Å². The third kappa shape index (κ3) is 3.50. The summed E-state index contributed by atoms with van der Waals surface area (Å²) in [5.41, 5.74) is 6.19. The van der Waals surface area contributed by atoms with Gasteiger partial charge in [-0.05, 0) is 35.0 Å². The number of H-pyrrole nitrogens is 1. The van der Waals surface area contributed by atoms with Gasteiger partial charge >= 0.3 is 0 Å². The molecule has 40 heavy (non-hydrogen) atoms. The highest BCUT2D eigenvalue weighted by molar-refractivity contribution is 6.17. The Kier molecular flexibility index (Phi) is 5.17. The van der Waals surface area contributed by atoms with Gasteiger partial charge < -0.3 is 9.55 Å². The van der Waals surface area contributed by atoms with E-state index in [2.05, 4.69) is 161 Å². The summed E-state index contributed by atoms with van der Waals surface area (Å²) in [6.07, 6.45) is 0. The molecule has 1 N–H and O–H groups in total. The second-order valence-electron chi connectivity index (χ2n) is 10.2. The van der Waals surface area contributed by atoms with E-state index >= 15 is 0 Å². The fraction of sp³-hybridized carbons (Fsp3) is 0. The van der Waals surface area contributed by atoms with Crippen molar-refractivity contribution in [2.24, 2.45) is 0 Å². The largest absolute Gasteiger partial charge is 0.354 e. The maximum atomic E-state index is 3.52. The van der Waals surface area contributed by atoms with Gasteiger partial charge in [0.1, 0.15) is 0 Å². The van der Waals surface area contributed by atoms with Crippen LogP contribution < -0.4 is 0 Å². The van der Waals surface area contributed by atoms with E-state index in [1.165, 1.54) is 70.8 Å². The molecule has 2 heteroatoms. The second kappa shape index (κ2) is 9.14. The van der Waals surface area contributed by atoms with E-state index in [0.717, 1.165) is 0 Å². The summed E-state index contributed by atoms with van der Waals surface area (Å²) in [4.78, 5) is 3.52. The van der Waals surface area contributed by atoms with Crippen molar-refractivity contribution in [3.63, 3.8) is 0 Å². The van der Waals surface area contributed by atoms with Gasteiger partial charge in [-0.2, -0.15) is 0 Å². The lowest BCUT2D eigenvalue weighted by Gasteiger charge is -2.11. The highest BCUT2D eigenvalue weighted by atomic mass is 15.0. The molecule has 7 aromatic carbocycles. The lowest BCUT2D eigenvalue weighted by molar-refractivity contribution is 1.20. The first kappa shape index (κ1) is 22.6. The first-order valence-electron chi connectivity index (χ1n) is 13.7. The van der Waals surface area contributed by atoms with Crippen molar-refractivity contribution in [1.82, 2.24) is 9.55 Å². The van der Waals surface area contributed by atoms with Gasteiger partial charge in [0.15, 0.2) is 0 Å². The number of hydrogen-bond donors (Lipinski definition) is 1. The predicted molar refractivity (Wildman–Crippen MR) is 172 cm³/mol. The summed E-state index contributed by atoms with van der Waals surface area (Å²) in [5, 5.41) is 10.3. The Morgan fingerprint density at radius 3 is 1.60 bits per heavy atom. The zero-order chi connectivity index (χ0) is 26.5. The lowest BCUT2D eigenvalue weighted by Crippen LogP contribution is -1.94. The van der Waals surface area contributed by atoms with E-state index in [9.17, 15) is 0 Å². The lowest BCUT2D eigenvalue weighted by atomic mass is 10.1. The molecule has 0 aliphatic heterocycles. The van der Waals surface area contributed by atoms with Gasteiger partial charge in [0.05, 0.1) is 22.2 Å². The molecule has 0 saturated carbocycles. The van der Waals surface area contributed by atoms with E-state index in [4.69, 9.17) is 0 Å². The van der Waals surface area contributed by atoms with Gasteiger partial charge in [-0.3, -0.25) is 0 Å². The summed E-state index contributed by atoms with van der Waals surface area (Å²) < 4.78 is 2.38. The normalized spacial score (nSPS) is 11.5. The molecule has 0 aliphatic carbocycles. The van der Waals surface area contributed by atoms with Gasteiger partial charge in [0.25, 0.3) is 0 Å². The fourth-order valence-corrected chi connectivity index (χ4v) is 6.18. The summed E-state index contributed by atoms with van der Waals surface area (Å²) >= 11 is 0. The van der Waals surface area contributed by atoms with E-state index in [1.54, 1.807) is 0 Å². The Labute approximate surface area is 231 Å². The topological polar surface area (TPSA) is 20.7 Å². The van der Waals surface area contributed by atoms with Gasteiger partial charge in [-0.1, -0.05) is 127 Å². The van der Waals surface area contributed by atoms with E-state index in [-0.39, 0.29) is 0 Å². The van der Waals surface area contributed by atoms with Crippen molar-refractivity contribution < 1.29 is 0 Å². The maximum absolute atomic E-state index is 3.52. The third-order valence-corrected chi connectivity index (χ3v) is 7.99. The molecule has 2 heterocycles. The van der Waals surface area contributed by atoms with Crippen LogP contribution in [0.5, 0.6) is 0 Å². The molecule has 0 bridgehead atoms. The Balaban J connectivity index is 0.000000128. The van der Waals surface area contributed by atoms with Crippen molar-refractivity contribution in [2.45, 2.75) is 0 Å². The van der Waals surface area contributed by atoms with Crippen molar-refractivity contribution in [2.75, 3.05) is 0 Å². The quantitative estimate of drug-likeness (QED) is 0.227. The predicted octanol–water partition coefficient (Wildman–Crippen LogP) is 10.4. The standard InChI is InChI=1S/C22H15N.C16H11N/c1-2-10-17-16(8-1)9-7-15-20(17)23-21-13-5-3-11-18(21)19-12-4-6-14-22(19)23;1-2-6-12-11(5-1)9-10-14-13-7-3-4-8-15(13)17-16(12)14/h1-15H;1-10,17H. The van der Waals surface area contributed by atoms with E-state index < -0.39 is 0 Å². The number of benzene rings is 7. The molecule has 0 unspecified atom stereocenters. The molecule has 2 aromatic heterocycles. The van der Waals surface area contributed by atoms with Crippen molar-refractivity contribution in [1.29, 1.82) is 0 Å². The molecule has 0 aliphatic rings. The highest BCUT2D eigenvalue weighted by Crippen LogP contribution is 2.34. The Morgan fingerprint density at radius 2 is 0.875 bits per heavy atom. The monoisotopic (exact) mass is 510 g/mol. The second-order valence-corrected chi connectivity index (χ2v) is 10.2. The van der Waals surface area contributed by atoms with Crippen LogP contribution in [0.1, 0.15) is 0 Å². The number of nitrogens with zero attached hydrogens (tertiary/aromatic N) is 1. The van der Waals surface area contributed by atoms with Gasteiger partial charge in [0, 0.05) is 37.8 Å². The zero-order valence-electron chi connectivity index (χ0n) is 21.9. The van der Waals surface area contributed by atoms with E-state index in [1.807, 2.05) is 0 Å². The van der Waals surface area contributed by atoms with Crippen molar-refractivity contribution >= 4 is 65.2 Å². The molecular weight excluding hydrogens is 484 g/mol. The minimum Gasteiger partial charge on any atom is -0.354 e. The fourth-order valence-electron chi connectivity index (χ4n) is 6.18. The molecule has 0 radical (unpaired) electrons. The summed E-state index contributed by atoms with van der Waals surface area (Å²) in [5.74, 6) is 0.